The Bertz CT molecular complexity index is 239. The zero-order chi connectivity index (χ0) is 10.6. The molecule has 0 N–H and O–H groups in total. The minimum Gasteiger partial charge on any atom is -0.295 e. The van der Waals surface area contributed by atoms with Crippen LogP contribution in [0.15, 0.2) is 23.4 Å². The van der Waals surface area contributed by atoms with Gasteiger partial charge in [0.25, 0.3) is 0 Å². The monoisotopic (exact) mass is 196 g/mol. The number of carbonyl (C=O) groups excluding carboxylic acids is 1. The molecule has 0 aliphatic rings. The highest BCUT2D eigenvalue weighted by atomic mass is 28.3. The zero-order valence-electron chi connectivity index (χ0n) is 9.40. The normalized spacial score (nSPS) is 10.8. The number of ketones is 1. The predicted molar refractivity (Wildman–Crippen MR) is 61.5 cm³/mol. The third-order valence-corrected chi connectivity index (χ3v) is 4.20. The van der Waals surface area contributed by atoms with E-state index in [1.54, 1.807) is 6.08 Å². The van der Waals surface area contributed by atoms with Crippen molar-refractivity contribution in [2.24, 2.45) is 0 Å². The van der Waals surface area contributed by atoms with Gasteiger partial charge in [0.05, 0.1) is 8.07 Å². The van der Waals surface area contributed by atoms with Crippen LogP contribution in [0.3, 0.4) is 0 Å². The average molecular weight is 196 g/mol. The first-order valence-electron chi connectivity index (χ1n) is 4.59. The largest absolute Gasteiger partial charge is 0.295 e. The van der Waals surface area contributed by atoms with Crippen LogP contribution in [0, 0.1) is 0 Å². The molecule has 0 aromatic carbocycles. The highest BCUT2D eigenvalue weighted by Gasteiger charge is 2.18. The van der Waals surface area contributed by atoms with Crippen molar-refractivity contribution in [2.75, 3.05) is 0 Å². The van der Waals surface area contributed by atoms with Gasteiger partial charge in [-0.15, -0.1) is 6.58 Å². The molecule has 1 nitrogen and oxygen atoms in total. The molecular formula is C11H20OSi. The molecule has 0 unspecified atom stereocenters. The van der Waals surface area contributed by atoms with Crippen LogP contribution >= 0.6 is 0 Å². The molecule has 0 atom stereocenters. The number of rotatable bonds is 4. The molecule has 0 spiro atoms. The van der Waals surface area contributed by atoms with E-state index in [0.717, 1.165) is 10.8 Å². The van der Waals surface area contributed by atoms with Gasteiger partial charge in [-0.1, -0.05) is 30.4 Å². The molecule has 0 aliphatic carbocycles. The smallest absolute Gasteiger partial charge is 0.159 e. The summed E-state index contributed by atoms with van der Waals surface area (Å²) in [6.07, 6.45) is 2.23. The number of carbonyl (C=O) groups is 1. The highest BCUT2D eigenvalue weighted by Crippen LogP contribution is 2.16. The van der Waals surface area contributed by atoms with E-state index in [1.807, 2.05) is 13.8 Å². The molecule has 0 radical (unpaired) electrons. The first kappa shape index (κ1) is 12.4. The molecule has 0 heterocycles. The molecule has 0 amide bonds. The lowest BCUT2D eigenvalue weighted by Crippen LogP contribution is -2.24. The lowest BCUT2D eigenvalue weighted by Gasteiger charge is -2.18. The molecule has 0 aliphatic heterocycles. The quantitative estimate of drug-likeness (QED) is 0.498. The number of hydrogen-bond donors (Lipinski definition) is 0. The maximum Gasteiger partial charge on any atom is 0.159 e. The van der Waals surface area contributed by atoms with Crippen molar-refractivity contribution in [3.8, 4) is 0 Å². The van der Waals surface area contributed by atoms with E-state index in [4.69, 9.17) is 0 Å². The van der Waals surface area contributed by atoms with Crippen molar-refractivity contribution in [3.63, 3.8) is 0 Å². The van der Waals surface area contributed by atoms with Crippen LogP contribution in [-0.2, 0) is 4.79 Å². The molecule has 74 valence electrons. The van der Waals surface area contributed by atoms with Gasteiger partial charge in [0.1, 0.15) is 0 Å². The summed E-state index contributed by atoms with van der Waals surface area (Å²) in [6, 6.07) is 0. The van der Waals surface area contributed by atoms with E-state index in [2.05, 4.69) is 26.2 Å². The predicted octanol–water partition coefficient (Wildman–Crippen LogP) is 3.35. The molecule has 0 saturated carbocycles. The summed E-state index contributed by atoms with van der Waals surface area (Å²) in [7, 11) is -1.32. The topological polar surface area (TPSA) is 17.1 Å². The molecule has 0 bridgehead atoms. The van der Waals surface area contributed by atoms with Crippen LogP contribution in [-0.4, -0.2) is 13.9 Å². The highest BCUT2D eigenvalue weighted by molar-refractivity contribution is 6.83. The molecular weight excluding hydrogens is 176 g/mol. The van der Waals surface area contributed by atoms with E-state index in [0.29, 0.717) is 6.42 Å². The van der Waals surface area contributed by atoms with E-state index < -0.39 is 8.07 Å². The fourth-order valence-electron chi connectivity index (χ4n) is 0.848. The summed E-state index contributed by atoms with van der Waals surface area (Å²) in [6.45, 7) is 14.5. The molecule has 0 saturated heterocycles. The summed E-state index contributed by atoms with van der Waals surface area (Å²) in [5.41, 5.74) is 1.06. The minimum absolute atomic E-state index is 0.187. The second kappa shape index (κ2) is 4.56. The van der Waals surface area contributed by atoms with Crippen LogP contribution < -0.4 is 0 Å². The Balaban J connectivity index is 4.25. The molecule has 0 rings (SSSR count). The van der Waals surface area contributed by atoms with Crippen molar-refractivity contribution >= 4 is 13.9 Å². The molecule has 2 heteroatoms. The third-order valence-electron chi connectivity index (χ3n) is 1.90. The van der Waals surface area contributed by atoms with Gasteiger partial charge in [0, 0.05) is 6.42 Å². The Morgan fingerprint density at radius 1 is 1.31 bits per heavy atom. The zero-order valence-corrected chi connectivity index (χ0v) is 10.4. The second-order valence-electron chi connectivity index (χ2n) is 4.72. The second-order valence-corrected chi connectivity index (χ2v) is 9.93. The Kier molecular flexibility index (Phi) is 4.34. The van der Waals surface area contributed by atoms with Gasteiger partial charge in [-0.05, 0) is 19.9 Å². The molecule has 13 heavy (non-hydrogen) atoms. The van der Waals surface area contributed by atoms with Crippen LogP contribution in [0.5, 0.6) is 0 Å². The van der Waals surface area contributed by atoms with Crippen molar-refractivity contribution in [2.45, 2.75) is 39.9 Å². The Morgan fingerprint density at radius 2 is 1.77 bits per heavy atom. The van der Waals surface area contributed by atoms with Gasteiger partial charge in [-0.2, -0.15) is 0 Å². The van der Waals surface area contributed by atoms with E-state index in [1.165, 1.54) is 0 Å². The Hall–Kier alpha value is -0.633. The maximum absolute atomic E-state index is 11.4. The summed E-state index contributed by atoms with van der Waals surface area (Å²) in [4.78, 5) is 11.4. The van der Waals surface area contributed by atoms with Gasteiger partial charge in [0.15, 0.2) is 5.78 Å². The molecule has 0 aromatic rings. The maximum atomic E-state index is 11.4. The SMILES string of the molecule is C=C(CC(=O)C=C(C)C)[Si](C)(C)C. The average Bonchev–Trinajstić information content (AvgIpc) is 1.82. The number of allylic oxidation sites excluding steroid dienone is 3. The van der Waals surface area contributed by atoms with Gasteiger partial charge < -0.3 is 0 Å². The Morgan fingerprint density at radius 3 is 2.08 bits per heavy atom. The fraction of sp³-hybridized carbons (Fsp3) is 0.545. The summed E-state index contributed by atoms with van der Waals surface area (Å²) in [5.74, 6) is 0.187. The third kappa shape index (κ3) is 5.58. The summed E-state index contributed by atoms with van der Waals surface area (Å²) >= 11 is 0. The lowest BCUT2D eigenvalue weighted by atomic mass is 10.2. The van der Waals surface area contributed by atoms with Crippen molar-refractivity contribution in [3.05, 3.63) is 23.4 Å². The van der Waals surface area contributed by atoms with Gasteiger partial charge >= 0.3 is 0 Å². The molecule has 0 aromatic heterocycles. The van der Waals surface area contributed by atoms with Gasteiger partial charge in [0.2, 0.25) is 0 Å². The van der Waals surface area contributed by atoms with Crippen LogP contribution in [0.25, 0.3) is 0 Å². The van der Waals surface area contributed by atoms with Gasteiger partial charge in [-0.3, -0.25) is 4.79 Å². The van der Waals surface area contributed by atoms with Crippen LogP contribution in [0.4, 0.5) is 0 Å². The first-order chi connectivity index (χ1) is 5.73. The van der Waals surface area contributed by atoms with Crippen LogP contribution in [0.1, 0.15) is 20.3 Å². The number of hydrogen-bond acceptors (Lipinski definition) is 1. The summed E-state index contributed by atoms with van der Waals surface area (Å²) < 4.78 is 0. The van der Waals surface area contributed by atoms with Crippen molar-refractivity contribution < 1.29 is 4.79 Å². The van der Waals surface area contributed by atoms with E-state index in [-0.39, 0.29) is 5.78 Å². The summed E-state index contributed by atoms with van der Waals surface area (Å²) in [5, 5.41) is 1.13. The van der Waals surface area contributed by atoms with E-state index >= 15 is 0 Å². The Labute approximate surface area is 82.6 Å². The lowest BCUT2D eigenvalue weighted by molar-refractivity contribution is -0.113. The fourth-order valence-corrected chi connectivity index (χ4v) is 1.55. The molecule has 0 fully saturated rings. The standard InChI is InChI=1S/C11H20OSi/c1-9(2)7-11(12)8-10(3)13(4,5)6/h7H,3,8H2,1-2,4-6H3. The van der Waals surface area contributed by atoms with Crippen molar-refractivity contribution in [1.82, 2.24) is 0 Å². The first-order valence-corrected chi connectivity index (χ1v) is 8.09. The van der Waals surface area contributed by atoms with Gasteiger partial charge in [-0.25, -0.2) is 0 Å². The van der Waals surface area contributed by atoms with Crippen LogP contribution in [0.2, 0.25) is 19.6 Å². The van der Waals surface area contributed by atoms with E-state index in [9.17, 15) is 4.79 Å². The van der Waals surface area contributed by atoms with Crippen molar-refractivity contribution in [1.29, 1.82) is 0 Å². The minimum atomic E-state index is -1.32.